The Balaban J connectivity index is 2.59. The van der Waals surface area contributed by atoms with Crippen LogP contribution >= 0.6 is 0 Å². The Morgan fingerprint density at radius 2 is 2.00 bits per heavy atom. The number of rotatable bonds is 4. The molecule has 1 aliphatic carbocycles. The van der Waals surface area contributed by atoms with Crippen molar-refractivity contribution in [1.29, 1.82) is 0 Å². The molecule has 2 rings (SSSR count). The lowest BCUT2D eigenvalue weighted by atomic mass is 9.92. The molecule has 1 aromatic rings. The first-order chi connectivity index (χ1) is 8.34. The van der Waals surface area contributed by atoms with Gasteiger partial charge in [0.25, 0.3) is 5.92 Å². The fraction of sp³-hybridized carbons (Fsp3) is 0.538. The Bertz CT molecular complexity index is 464. The maximum Gasteiger partial charge on any atom is 0.270 e. The van der Waals surface area contributed by atoms with Gasteiger partial charge in [-0.2, -0.15) is 0 Å². The number of alkyl halides is 2. The van der Waals surface area contributed by atoms with E-state index >= 15 is 0 Å². The van der Waals surface area contributed by atoms with Gasteiger partial charge in [0, 0.05) is 30.0 Å². The van der Waals surface area contributed by atoms with Gasteiger partial charge in [0.2, 0.25) is 0 Å². The molecule has 1 fully saturated rings. The van der Waals surface area contributed by atoms with Gasteiger partial charge < -0.3 is 10.5 Å². The first kappa shape index (κ1) is 13.2. The summed E-state index contributed by atoms with van der Waals surface area (Å²) >= 11 is 0. The highest BCUT2D eigenvalue weighted by Crippen LogP contribution is 2.52. The van der Waals surface area contributed by atoms with Crippen LogP contribution in [0.1, 0.15) is 30.9 Å². The smallest absolute Gasteiger partial charge is 0.270 e. The molecule has 5 heteroatoms. The highest BCUT2D eigenvalue weighted by atomic mass is 19.3. The maximum atomic E-state index is 13.8. The van der Waals surface area contributed by atoms with Crippen LogP contribution in [0.3, 0.4) is 0 Å². The topological polar surface area (TPSA) is 35.2 Å². The SMILES string of the molecule is COc1c(F)cc(C(C)(F)F)cc1C1(CN)CC1. The summed E-state index contributed by atoms with van der Waals surface area (Å²) in [5, 5.41) is 0. The molecule has 0 aliphatic heterocycles. The zero-order valence-corrected chi connectivity index (χ0v) is 10.4. The van der Waals surface area contributed by atoms with Crippen molar-refractivity contribution in [3.63, 3.8) is 0 Å². The molecular weight excluding hydrogens is 243 g/mol. The second kappa shape index (κ2) is 4.16. The quantitative estimate of drug-likeness (QED) is 0.902. The number of halogens is 3. The third kappa shape index (κ3) is 2.07. The number of benzene rings is 1. The molecule has 1 saturated carbocycles. The highest BCUT2D eigenvalue weighted by Gasteiger charge is 2.46. The third-order valence-corrected chi connectivity index (χ3v) is 3.57. The minimum absolute atomic E-state index is 0.0333. The van der Waals surface area contributed by atoms with E-state index in [0.717, 1.165) is 25.8 Å². The number of hydrogen-bond donors (Lipinski definition) is 1. The lowest BCUT2D eigenvalue weighted by molar-refractivity contribution is 0.0169. The average molecular weight is 259 g/mol. The maximum absolute atomic E-state index is 13.8. The van der Waals surface area contributed by atoms with Crippen molar-refractivity contribution in [1.82, 2.24) is 0 Å². The minimum atomic E-state index is -3.08. The van der Waals surface area contributed by atoms with Crippen molar-refractivity contribution in [2.24, 2.45) is 5.73 Å². The summed E-state index contributed by atoms with van der Waals surface area (Å²) in [7, 11) is 1.33. The molecule has 100 valence electrons. The van der Waals surface area contributed by atoms with Gasteiger partial charge >= 0.3 is 0 Å². The zero-order valence-electron chi connectivity index (χ0n) is 10.4. The van der Waals surface area contributed by atoms with Crippen molar-refractivity contribution in [2.75, 3.05) is 13.7 Å². The van der Waals surface area contributed by atoms with E-state index in [-0.39, 0.29) is 11.3 Å². The first-order valence-electron chi connectivity index (χ1n) is 5.80. The molecule has 2 N–H and O–H groups in total. The Morgan fingerprint density at radius 1 is 1.39 bits per heavy atom. The molecular formula is C13H16F3NO. The number of methoxy groups -OCH3 is 1. The summed E-state index contributed by atoms with van der Waals surface area (Å²) in [5.41, 5.74) is 5.40. The zero-order chi connectivity index (χ0) is 13.6. The van der Waals surface area contributed by atoms with Gasteiger partial charge in [-0.3, -0.25) is 0 Å². The van der Waals surface area contributed by atoms with Crippen molar-refractivity contribution < 1.29 is 17.9 Å². The van der Waals surface area contributed by atoms with E-state index in [1.54, 1.807) is 0 Å². The van der Waals surface area contributed by atoms with E-state index in [1.807, 2.05) is 0 Å². The van der Waals surface area contributed by atoms with Gasteiger partial charge in [0.05, 0.1) is 7.11 Å². The monoisotopic (exact) mass is 259 g/mol. The Kier molecular flexibility index (Phi) is 3.05. The first-order valence-corrected chi connectivity index (χ1v) is 5.80. The van der Waals surface area contributed by atoms with Crippen LogP contribution in [-0.2, 0) is 11.3 Å². The standard InChI is InChI=1S/C13H16F3NO/c1-12(15,16)8-5-9(13(7-17)3-4-13)11(18-2)10(14)6-8/h5-6H,3-4,7,17H2,1-2H3. The molecule has 18 heavy (non-hydrogen) atoms. The molecule has 1 aliphatic rings. The fourth-order valence-electron chi connectivity index (χ4n) is 2.18. The lowest BCUT2D eigenvalue weighted by Crippen LogP contribution is -2.22. The summed E-state index contributed by atoms with van der Waals surface area (Å²) in [6.07, 6.45) is 1.55. The van der Waals surface area contributed by atoms with Crippen LogP contribution in [0.5, 0.6) is 5.75 Å². The summed E-state index contributed by atoms with van der Waals surface area (Å²) in [6.45, 7) is 1.06. The summed E-state index contributed by atoms with van der Waals surface area (Å²) in [6, 6.07) is 2.15. The van der Waals surface area contributed by atoms with Crippen LogP contribution in [0.4, 0.5) is 13.2 Å². The van der Waals surface area contributed by atoms with E-state index in [9.17, 15) is 13.2 Å². The summed E-state index contributed by atoms with van der Waals surface area (Å²) in [4.78, 5) is 0. The molecule has 0 unspecified atom stereocenters. The van der Waals surface area contributed by atoms with E-state index in [1.165, 1.54) is 13.2 Å². The summed E-state index contributed by atoms with van der Waals surface area (Å²) < 4.78 is 45.5. The van der Waals surface area contributed by atoms with Crippen molar-refractivity contribution in [3.05, 3.63) is 29.1 Å². The molecule has 0 atom stereocenters. The molecule has 0 aromatic heterocycles. The predicted molar refractivity (Wildman–Crippen MR) is 62.5 cm³/mol. The largest absolute Gasteiger partial charge is 0.493 e. The minimum Gasteiger partial charge on any atom is -0.493 e. The van der Waals surface area contributed by atoms with E-state index in [0.29, 0.717) is 12.1 Å². The molecule has 0 heterocycles. The van der Waals surface area contributed by atoms with Gasteiger partial charge in [0.1, 0.15) is 0 Å². The van der Waals surface area contributed by atoms with Gasteiger partial charge in [-0.1, -0.05) is 0 Å². The Morgan fingerprint density at radius 3 is 2.39 bits per heavy atom. The van der Waals surface area contributed by atoms with Crippen LogP contribution in [0.15, 0.2) is 12.1 Å². The van der Waals surface area contributed by atoms with Crippen LogP contribution in [0, 0.1) is 5.82 Å². The van der Waals surface area contributed by atoms with Crippen molar-refractivity contribution >= 4 is 0 Å². The highest BCUT2D eigenvalue weighted by molar-refractivity contribution is 5.47. The predicted octanol–water partition coefficient (Wildman–Crippen LogP) is 2.94. The Labute approximate surface area is 104 Å². The second-order valence-electron chi connectivity index (χ2n) is 4.91. The average Bonchev–Trinajstić information content (AvgIpc) is 3.07. The van der Waals surface area contributed by atoms with Crippen molar-refractivity contribution in [3.8, 4) is 5.75 Å². The fourth-order valence-corrected chi connectivity index (χ4v) is 2.18. The molecule has 0 spiro atoms. The van der Waals surface area contributed by atoms with Gasteiger partial charge in [0.15, 0.2) is 11.6 Å². The number of hydrogen-bond acceptors (Lipinski definition) is 2. The summed E-state index contributed by atoms with van der Waals surface area (Å²) in [5.74, 6) is -3.80. The number of ether oxygens (including phenoxy) is 1. The van der Waals surface area contributed by atoms with E-state index < -0.39 is 17.2 Å². The molecule has 0 bridgehead atoms. The lowest BCUT2D eigenvalue weighted by Gasteiger charge is -2.20. The third-order valence-electron chi connectivity index (χ3n) is 3.57. The molecule has 2 nitrogen and oxygen atoms in total. The van der Waals surface area contributed by atoms with Crippen LogP contribution in [0.25, 0.3) is 0 Å². The van der Waals surface area contributed by atoms with Gasteiger partial charge in [-0.15, -0.1) is 0 Å². The van der Waals surface area contributed by atoms with Gasteiger partial charge in [-0.25, -0.2) is 13.2 Å². The second-order valence-corrected chi connectivity index (χ2v) is 4.91. The van der Waals surface area contributed by atoms with Gasteiger partial charge in [-0.05, 0) is 25.0 Å². The van der Waals surface area contributed by atoms with E-state index in [4.69, 9.17) is 10.5 Å². The van der Waals surface area contributed by atoms with Crippen LogP contribution < -0.4 is 10.5 Å². The Hall–Kier alpha value is -1.23. The van der Waals surface area contributed by atoms with E-state index in [2.05, 4.69) is 0 Å². The molecule has 1 aromatic carbocycles. The van der Waals surface area contributed by atoms with Crippen LogP contribution in [0.2, 0.25) is 0 Å². The normalized spacial score (nSPS) is 17.7. The van der Waals surface area contributed by atoms with Crippen LogP contribution in [-0.4, -0.2) is 13.7 Å². The molecule has 0 saturated heterocycles. The number of nitrogens with two attached hydrogens (primary N) is 1. The molecule has 0 radical (unpaired) electrons. The van der Waals surface area contributed by atoms with Crippen molar-refractivity contribution in [2.45, 2.75) is 31.1 Å². The molecule has 0 amide bonds.